The van der Waals surface area contributed by atoms with E-state index < -0.39 is 0 Å². The third kappa shape index (κ3) is 4.53. The fraction of sp³-hybridized carbons (Fsp3) is 0.455. The van der Waals surface area contributed by atoms with E-state index in [1.165, 1.54) is 36.8 Å². The Bertz CT molecular complexity index is 565. The number of rotatable bonds is 9. The molecule has 2 aromatic rings. The van der Waals surface area contributed by atoms with Crippen molar-refractivity contribution in [3.05, 3.63) is 59.7 Å². The van der Waals surface area contributed by atoms with E-state index in [-0.39, 0.29) is 0 Å². The Morgan fingerprint density at radius 1 is 0.708 bits per heavy atom. The first-order valence-corrected chi connectivity index (χ1v) is 9.01. The second-order valence-electron chi connectivity index (χ2n) is 6.34. The third-order valence-electron chi connectivity index (χ3n) is 4.73. The minimum atomic E-state index is 0.497. The maximum absolute atomic E-state index is 5.45. The SMILES string of the molecule is CCCC(c1cccc(OC)c1)C(CCC)c1cccc(OC)c1. The summed E-state index contributed by atoms with van der Waals surface area (Å²) in [7, 11) is 3.47. The summed E-state index contributed by atoms with van der Waals surface area (Å²) in [5.74, 6) is 2.87. The van der Waals surface area contributed by atoms with Crippen molar-refractivity contribution in [3.63, 3.8) is 0 Å². The van der Waals surface area contributed by atoms with Gasteiger partial charge in [0, 0.05) is 0 Å². The number of hydrogen-bond acceptors (Lipinski definition) is 2. The molecule has 0 saturated heterocycles. The van der Waals surface area contributed by atoms with Gasteiger partial charge in [0.25, 0.3) is 0 Å². The molecular formula is C22H30O2. The van der Waals surface area contributed by atoms with Crippen LogP contribution < -0.4 is 9.47 Å². The first-order chi connectivity index (χ1) is 11.7. The lowest BCUT2D eigenvalue weighted by atomic mass is 9.76. The van der Waals surface area contributed by atoms with Crippen molar-refractivity contribution in [2.75, 3.05) is 14.2 Å². The van der Waals surface area contributed by atoms with Gasteiger partial charge in [-0.05, 0) is 60.1 Å². The monoisotopic (exact) mass is 326 g/mol. The molecule has 2 unspecified atom stereocenters. The van der Waals surface area contributed by atoms with Crippen molar-refractivity contribution in [3.8, 4) is 11.5 Å². The number of methoxy groups -OCH3 is 2. The van der Waals surface area contributed by atoms with Gasteiger partial charge in [0.15, 0.2) is 0 Å². The zero-order chi connectivity index (χ0) is 17.4. The molecule has 0 aliphatic rings. The Balaban J connectivity index is 2.42. The average Bonchev–Trinajstić information content (AvgIpc) is 2.64. The molecule has 0 fully saturated rings. The van der Waals surface area contributed by atoms with Crippen molar-refractivity contribution < 1.29 is 9.47 Å². The van der Waals surface area contributed by atoms with Crippen molar-refractivity contribution in [1.29, 1.82) is 0 Å². The first kappa shape index (κ1) is 18.4. The van der Waals surface area contributed by atoms with Gasteiger partial charge in [0.2, 0.25) is 0 Å². The predicted octanol–water partition coefficient (Wildman–Crippen LogP) is 6.17. The Labute approximate surface area is 146 Å². The fourth-order valence-electron chi connectivity index (χ4n) is 3.57. The Morgan fingerprint density at radius 2 is 1.12 bits per heavy atom. The van der Waals surface area contributed by atoms with Crippen LogP contribution in [0.15, 0.2) is 48.5 Å². The van der Waals surface area contributed by atoms with Crippen LogP contribution in [0.1, 0.15) is 62.5 Å². The average molecular weight is 326 g/mol. The Kier molecular flexibility index (Phi) is 7.17. The summed E-state index contributed by atoms with van der Waals surface area (Å²) in [5.41, 5.74) is 2.75. The molecule has 2 aromatic carbocycles. The lowest BCUT2D eigenvalue weighted by Crippen LogP contribution is -2.12. The standard InChI is InChI=1S/C22H30O2/c1-5-9-21(17-11-7-13-19(15-17)23-3)22(10-6-2)18-12-8-14-20(16-18)24-4/h7-8,11-16,21-22H,5-6,9-10H2,1-4H3. The zero-order valence-electron chi connectivity index (χ0n) is 15.4. The van der Waals surface area contributed by atoms with Crippen LogP contribution in [0.25, 0.3) is 0 Å². The van der Waals surface area contributed by atoms with Crippen molar-refractivity contribution in [2.24, 2.45) is 0 Å². The first-order valence-electron chi connectivity index (χ1n) is 9.01. The van der Waals surface area contributed by atoms with Gasteiger partial charge in [-0.3, -0.25) is 0 Å². The highest BCUT2D eigenvalue weighted by Crippen LogP contribution is 2.41. The summed E-state index contributed by atoms with van der Waals surface area (Å²) < 4.78 is 10.9. The van der Waals surface area contributed by atoms with E-state index in [1.807, 2.05) is 12.1 Å². The molecule has 0 aromatic heterocycles. The van der Waals surface area contributed by atoms with Gasteiger partial charge in [0.05, 0.1) is 14.2 Å². The smallest absolute Gasteiger partial charge is 0.119 e. The number of ether oxygens (including phenoxy) is 2. The summed E-state index contributed by atoms with van der Waals surface area (Å²) in [6.45, 7) is 4.53. The zero-order valence-corrected chi connectivity index (χ0v) is 15.4. The van der Waals surface area contributed by atoms with Crippen LogP contribution in [0.4, 0.5) is 0 Å². The van der Waals surface area contributed by atoms with Gasteiger partial charge in [-0.15, -0.1) is 0 Å². The molecule has 0 radical (unpaired) electrons. The minimum absolute atomic E-state index is 0.497. The summed E-state index contributed by atoms with van der Waals surface area (Å²) in [4.78, 5) is 0. The summed E-state index contributed by atoms with van der Waals surface area (Å²) in [5, 5.41) is 0. The van der Waals surface area contributed by atoms with Crippen LogP contribution in [0.2, 0.25) is 0 Å². The number of hydrogen-bond donors (Lipinski definition) is 0. The van der Waals surface area contributed by atoms with E-state index in [2.05, 4.69) is 50.2 Å². The molecule has 2 rings (SSSR count). The van der Waals surface area contributed by atoms with E-state index in [4.69, 9.17) is 9.47 Å². The molecule has 0 aliphatic heterocycles. The van der Waals surface area contributed by atoms with E-state index >= 15 is 0 Å². The van der Waals surface area contributed by atoms with Gasteiger partial charge >= 0.3 is 0 Å². The molecule has 24 heavy (non-hydrogen) atoms. The highest BCUT2D eigenvalue weighted by molar-refractivity contribution is 5.36. The molecule has 0 amide bonds. The quantitative estimate of drug-likeness (QED) is 0.548. The van der Waals surface area contributed by atoms with Crippen LogP contribution in [-0.2, 0) is 0 Å². The summed E-state index contributed by atoms with van der Waals surface area (Å²) >= 11 is 0. The molecular weight excluding hydrogens is 296 g/mol. The van der Waals surface area contributed by atoms with Gasteiger partial charge in [-0.1, -0.05) is 51.0 Å². The highest BCUT2D eigenvalue weighted by Gasteiger charge is 2.24. The van der Waals surface area contributed by atoms with Gasteiger partial charge in [0.1, 0.15) is 11.5 Å². The van der Waals surface area contributed by atoms with Crippen LogP contribution in [0.3, 0.4) is 0 Å². The molecule has 0 saturated carbocycles. The summed E-state index contributed by atoms with van der Waals surface area (Å²) in [6, 6.07) is 17.1. The van der Waals surface area contributed by atoms with E-state index in [0.717, 1.165) is 11.5 Å². The molecule has 2 nitrogen and oxygen atoms in total. The van der Waals surface area contributed by atoms with Gasteiger partial charge in [-0.25, -0.2) is 0 Å². The minimum Gasteiger partial charge on any atom is -0.497 e. The lowest BCUT2D eigenvalue weighted by molar-refractivity contribution is 0.408. The lowest BCUT2D eigenvalue weighted by Gasteiger charge is -2.28. The second-order valence-corrected chi connectivity index (χ2v) is 6.34. The predicted molar refractivity (Wildman–Crippen MR) is 101 cm³/mol. The molecule has 0 aliphatic carbocycles. The Morgan fingerprint density at radius 3 is 1.46 bits per heavy atom. The van der Waals surface area contributed by atoms with Crippen LogP contribution in [0, 0.1) is 0 Å². The molecule has 2 atom stereocenters. The normalized spacial score (nSPS) is 13.3. The third-order valence-corrected chi connectivity index (χ3v) is 4.73. The molecule has 0 N–H and O–H groups in total. The largest absolute Gasteiger partial charge is 0.497 e. The van der Waals surface area contributed by atoms with E-state index in [9.17, 15) is 0 Å². The fourth-order valence-corrected chi connectivity index (χ4v) is 3.57. The van der Waals surface area contributed by atoms with E-state index in [0.29, 0.717) is 11.8 Å². The van der Waals surface area contributed by atoms with E-state index in [1.54, 1.807) is 14.2 Å². The van der Waals surface area contributed by atoms with Gasteiger partial charge < -0.3 is 9.47 Å². The van der Waals surface area contributed by atoms with Crippen molar-refractivity contribution in [2.45, 2.75) is 51.4 Å². The molecule has 130 valence electrons. The summed E-state index contributed by atoms with van der Waals surface area (Å²) in [6.07, 6.45) is 4.70. The topological polar surface area (TPSA) is 18.5 Å². The highest BCUT2D eigenvalue weighted by atomic mass is 16.5. The van der Waals surface area contributed by atoms with Crippen LogP contribution in [-0.4, -0.2) is 14.2 Å². The van der Waals surface area contributed by atoms with Crippen LogP contribution >= 0.6 is 0 Å². The Hall–Kier alpha value is -1.96. The van der Waals surface area contributed by atoms with Crippen molar-refractivity contribution in [1.82, 2.24) is 0 Å². The molecule has 2 heteroatoms. The van der Waals surface area contributed by atoms with Crippen molar-refractivity contribution >= 4 is 0 Å². The number of benzene rings is 2. The molecule has 0 bridgehead atoms. The van der Waals surface area contributed by atoms with Gasteiger partial charge in [-0.2, -0.15) is 0 Å². The molecule has 0 heterocycles. The second kappa shape index (κ2) is 9.36. The maximum Gasteiger partial charge on any atom is 0.119 e. The van der Waals surface area contributed by atoms with Crippen LogP contribution in [0.5, 0.6) is 11.5 Å². The maximum atomic E-state index is 5.45. The molecule has 0 spiro atoms.